The second-order valence-electron chi connectivity index (χ2n) is 11.9. The largest absolute Gasteiger partial charge is 0.507 e. The van der Waals surface area contributed by atoms with E-state index < -0.39 is 24.1 Å². The lowest BCUT2D eigenvalue weighted by atomic mass is 10.1. The van der Waals surface area contributed by atoms with Crippen LogP contribution in [0.15, 0.2) is 107 Å². The van der Waals surface area contributed by atoms with Crippen LogP contribution in [-0.4, -0.2) is 102 Å². The number of fused-ring (bicyclic) bond motifs is 2. The number of benzene rings is 4. The first-order chi connectivity index (χ1) is 24.8. The number of para-hydroxylation sites is 2. The van der Waals surface area contributed by atoms with Crippen LogP contribution in [0, 0.1) is 5.92 Å². The number of aromatic hydroxyl groups is 1. The number of anilines is 2. The molecular formula is C39H44N2O10S. The molecule has 0 aromatic heterocycles. The third kappa shape index (κ3) is 11.6. The van der Waals surface area contributed by atoms with E-state index in [1.807, 2.05) is 42.1 Å². The van der Waals surface area contributed by atoms with Gasteiger partial charge in [-0.1, -0.05) is 79.4 Å². The molecule has 1 heterocycles. The van der Waals surface area contributed by atoms with Crippen LogP contribution in [0.2, 0.25) is 0 Å². The van der Waals surface area contributed by atoms with Gasteiger partial charge < -0.3 is 44.8 Å². The van der Waals surface area contributed by atoms with Gasteiger partial charge in [0.2, 0.25) is 0 Å². The number of phenolic OH excluding ortho intramolecular Hbond substituents is 1. The minimum Gasteiger partial charge on any atom is -0.507 e. The van der Waals surface area contributed by atoms with Gasteiger partial charge in [0.05, 0.1) is 25.6 Å². The fraction of sp³-hybridized carbons (Fsp3) is 0.256. The first-order valence-electron chi connectivity index (χ1n) is 16.1. The average Bonchev–Trinajstić information content (AvgIpc) is 3.13. The van der Waals surface area contributed by atoms with Gasteiger partial charge in [0.25, 0.3) is 0 Å². The van der Waals surface area contributed by atoms with Crippen LogP contribution < -0.4 is 14.4 Å². The smallest absolute Gasteiger partial charge is 0.335 e. The van der Waals surface area contributed by atoms with Crippen molar-refractivity contribution < 1.29 is 49.4 Å². The van der Waals surface area contributed by atoms with Gasteiger partial charge in [-0.15, -0.1) is 0 Å². The van der Waals surface area contributed by atoms with Crippen molar-refractivity contribution in [3.63, 3.8) is 0 Å². The number of ether oxygens (including phenoxy) is 2. The number of methoxy groups -OCH3 is 2. The van der Waals surface area contributed by atoms with Crippen molar-refractivity contribution in [1.82, 2.24) is 4.90 Å². The van der Waals surface area contributed by atoms with Crippen LogP contribution in [0.3, 0.4) is 0 Å². The van der Waals surface area contributed by atoms with Crippen molar-refractivity contribution in [3.05, 3.63) is 108 Å². The number of carboxylic acids is 2. The molecule has 12 nitrogen and oxygen atoms in total. The molecule has 276 valence electrons. The maximum absolute atomic E-state index is 12.3. The Morgan fingerprint density at radius 3 is 1.81 bits per heavy atom. The summed E-state index contributed by atoms with van der Waals surface area (Å²) in [6.07, 6.45) is -1.44. The highest BCUT2D eigenvalue weighted by Gasteiger charge is 2.29. The van der Waals surface area contributed by atoms with Gasteiger partial charge in [0.15, 0.2) is 18.0 Å². The fourth-order valence-electron chi connectivity index (χ4n) is 5.16. The minimum atomic E-state index is -2.27. The molecule has 13 heteroatoms. The SMILES string of the molecule is CC(CN(C)C)CN1c2ccccc2Sc2ccccc21.COc1cc(O)c(C(=O)C=Cc2ccccc2)c(OC)c1.O=C(O)C(O)C(O)C(=O)O. The number of allylic oxidation sites excluding steroid dienone is 1. The summed E-state index contributed by atoms with van der Waals surface area (Å²) < 4.78 is 10.2. The lowest BCUT2D eigenvalue weighted by Gasteiger charge is -2.35. The Labute approximate surface area is 307 Å². The number of ketones is 1. The van der Waals surface area contributed by atoms with E-state index >= 15 is 0 Å². The summed E-state index contributed by atoms with van der Waals surface area (Å²) in [4.78, 5) is 39.3. The van der Waals surface area contributed by atoms with Crippen molar-refractivity contribution in [2.24, 2.45) is 5.92 Å². The van der Waals surface area contributed by atoms with Crippen LogP contribution in [-0.2, 0) is 9.59 Å². The molecule has 52 heavy (non-hydrogen) atoms. The highest BCUT2D eigenvalue weighted by atomic mass is 32.2. The molecule has 0 fully saturated rings. The predicted molar refractivity (Wildman–Crippen MR) is 200 cm³/mol. The summed E-state index contributed by atoms with van der Waals surface area (Å²) in [5.41, 5.74) is 3.70. The van der Waals surface area contributed by atoms with Gasteiger partial charge >= 0.3 is 11.9 Å². The van der Waals surface area contributed by atoms with Crippen LogP contribution in [0.25, 0.3) is 6.08 Å². The number of phenols is 1. The Hall–Kier alpha value is -5.34. The van der Waals surface area contributed by atoms with Crippen LogP contribution in [0.4, 0.5) is 11.4 Å². The third-order valence-electron chi connectivity index (χ3n) is 7.49. The minimum absolute atomic E-state index is 0.116. The van der Waals surface area contributed by atoms with Crippen LogP contribution >= 0.6 is 11.8 Å². The van der Waals surface area contributed by atoms with E-state index in [9.17, 15) is 19.5 Å². The molecule has 0 aliphatic carbocycles. The van der Waals surface area contributed by atoms with Gasteiger partial charge in [-0.2, -0.15) is 0 Å². The normalized spacial score (nSPS) is 13.3. The Morgan fingerprint density at radius 1 is 0.808 bits per heavy atom. The van der Waals surface area contributed by atoms with E-state index in [-0.39, 0.29) is 22.8 Å². The molecule has 3 atom stereocenters. The van der Waals surface area contributed by atoms with E-state index in [4.69, 9.17) is 29.9 Å². The second-order valence-corrected chi connectivity index (χ2v) is 13.0. The number of rotatable bonds is 12. The standard InChI is InChI=1S/C18H22N2S.C17H16O4.C4H6O6/c1-14(12-19(2)3)13-20-15-8-4-6-10-17(15)21-18-11-7-5-9-16(18)20;1-20-13-10-15(19)17(16(11-13)21-2)14(18)9-8-12-6-4-3-5-7-12;5-1(3(7)8)2(6)4(9)10/h4-11,14H,12-13H2,1-3H3;3-11,19H,1-2H3;1-2,5-6H,(H,7,8)(H,9,10). The highest BCUT2D eigenvalue weighted by Crippen LogP contribution is 2.48. The molecule has 0 amide bonds. The van der Waals surface area contributed by atoms with Gasteiger partial charge in [0, 0.05) is 35.0 Å². The number of hydrogen-bond acceptors (Lipinski definition) is 11. The van der Waals surface area contributed by atoms with Crippen molar-refractivity contribution in [3.8, 4) is 17.2 Å². The van der Waals surface area contributed by atoms with Gasteiger partial charge in [-0.05, 0) is 55.9 Å². The molecule has 0 radical (unpaired) electrons. The molecule has 0 spiro atoms. The molecule has 3 unspecified atom stereocenters. The van der Waals surface area contributed by atoms with E-state index in [1.165, 1.54) is 47.5 Å². The molecule has 0 saturated heterocycles. The average molecular weight is 733 g/mol. The number of aliphatic carboxylic acids is 2. The second kappa shape index (κ2) is 19.9. The van der Waals surface area contributed by atoms with Crippen molar-refractivity contribution in [1.29, 1.82) is 0 Å². The molecule has 0 bridgehead atoms. The number of aliphatic hydroxyl groups is 2. The van der Waals surface area contributed by atoms with Crippen molar-refractivity contribution >= 4 is 46.9 Å². The number of carbonyl (C=O) groups excluding carboxylic acids is 1. The monoisotopic (exact) mass is 732 g/mol. The Kier molecular flexibility index (Phi) is 15.7. The van der Waals surface area contributed by atoms with E-state index in [1.54, 1.807) is 12.1 Å². The Bertz CT molecular complexity index is 1770. The number of carboxylic acid groups (broad SMARTS) is 2. The Balaban J connectivity index is 0.000000225. The summed E-state index contributed by atoms with van der Waals surface area (Å²) in [6, 6.07) is 29.8. The lowest BCUT2D eigenvalue weighted by molar-refractivity contribution is -0.165. The van der Waals surface area contributed by atoms with Gasteiger partial charge in [-0.25, -0.2) is 9.59 Å². The first kappa shape index (κ1) is 41.1. The molecule has 1 aliphatic rings. The molecule has 5 rings (SSSR count). The van der Waals surface area contributed by atoms with E-state index in [0.717, 1.165) is 18.7 Å². The lowest BCUT2D eigenvalue weighted by Crippen LogP contribution is -2.39. The van der Waals surface area contributed by atoms with E-state index in [2.05, 4.69) is 79.3 Å². The van der Waals surface area contributed by atoms with Crippen LogP contribution in [0.5, 0.6) is 17.2 Å². The molecule has 4 aromatic rings. The first-order valence-corrected chi connectivity index (χ1v) is 16.9. The summed E-state index contributed by atoms with van der Waals surface area (Å²) in [6.45, 7) is 4.48. The van der Waals surface area contributed by atoms with E-state index in [0.29, 0.717) is 11.7 Å². The zero-order valence-corrected chi connectivity index (χ0v) is 30.4. The topological polar surface area (TPSA) is 177 Å². The molecular weight excluding hydrogens is 689 g/mol. The summed E-state index contributed by atoms with van der Waals surface area (Å²) in [7, 11) is 7.20. The number of aliphatic hydroxyl groups excluding tert-OH is 2. The van der Waals surface area contributed by atoms with Gasteiger partial charge in [-0.3, -0.25) is 4.79 Å². The highest BCUT2D eigenvalue weighted by molar-refractivity contribution is 7.99. The third-order valence-corrected chi connectivity index (χ3v) is 8.62. The maximum atomic E-state index is 12.3. The number of nitrogens with zero attached hydrogens (tertiary/aromatic N) is 2. The zero-order chi connectivity index (χ0) is 38.4. The summed E-state index contributed by atoms with van der Waals surface area (Å²) >= 11 is 1.88. The summed E-state index contributed by atoms with van der Waals surface area (Å²) in [5.74, 6) is -2.73. The molecule has 1 aliphatic heterocycles. The number of hydrogen-bond donors (Lipinski definition) is 5. The maximum Gasteiger partial charge on any atom is 0.335 e. The zero-order valence-electron chi connectivity index (χ0n) is 29.5. The quantitative estimate of drug-likeness (QED) is 0.0890. The number of carbonyl (C=O) groups is 3. The molecule has 0 saturated carbocycles. The van der Waals surface area contributed by atoms with Crippen molar-refractivity contribution in [2.45, 2.75) is 28.9 Å². The fourth-order valence-corrected chi connectivity index (χ4v) is 6.26. The summed E-state index contributed by atoms with van der Waals surface area (Å²) in [5, 5.41) is 42.5. The van der Waals surface area contributed by atoms with Crippen molar-refractivity contribution in [2.75, 3.05) is 46.3 Å². The molecule has 5 N–H and O–H groups in total. The predicted octanol–water partition coefficient (Wildman–Crippen LogP) is 5.67. The van der Waals surface area contributed by atoms with Gasteiger partial charge in [0.1, 0.15) is 22.8 Å². The molecule has 4 aromatic carbocycles. The van der Waals surface area contributed by atoms with Crippen LogP contribution in [0.1, 0.15) is 22.8 Å². The Morgan fingerprint density at radius 2 is 1.33 bits per heavy atom.